The average Bonchev–Trinajstić information content (AvgIpc) is 3.74. The first-order valence-electron chi connectivity index (χ1n) is 11.5. The number of hydrogen-bond donors (Lipinski definition) is 0. The van der Waals surface area contributed by atoms with Gasteiger partial charge in [-0.3, -0.25) is 4.79 Å². The Labute approximate surface area is 186 Å². The van der Waals surface area contributed by atoms with Gasteiger partial charge in [0.1, 0.15) is 17.4 Å². The third-order valence-electron chi connectivity index (χ3n) is 6.90. The SMILES string of the molecule is C[C@@H]1CN(c2nc(C3CC3)c(-c3cccc4ncoc34)cc2C#N)CCN1C(=O)C1CC1. The van der Waals surface area contributed by atoms with E-state index in [0.29, 0.717) is 37.0 Å². The van der Waals surface area contributed by atoms with Crippen LogP contribution in [0.25, 0.3) is 22.2 Å². The maximum Gasteiger partial charge on any atom is 0.226 e. The molecule has 0 spiro atoms. The molecule has 3 aliphatic rings. The molecule has 0 unspecified atom stereocenters. The third-order valence-corrected chi connectivity index (χ3v) is 6.90. The number of anilines is 1. The summed E-state index contributed by atoms with van der Waals surface area (Å²) < 4.78 is 5.68. The van der Waals surface area contributed by atoms with Gasteiger partial charge in [-0.25, -0.2) is 9.97 Å². The lowest BCUT2D eigenvalue weighted by molar-refractivity contribution is -0.134. The molecule has 162 valence electrons. The number of piperazine rings is 1. The summed E-state index contributed by atoms with van der Waals surface area (Å²) in [4.78, 5) is 26.2. The van der Waals surface area contributed by atoms with Crippen LogP contribution in [-0.4, -0.2) is 46.5 Å². The fourth-order valence-electron chi connectivity index (χ4n) is 4.86. The Hall–Kier alpha value is -3.40. The molecule has 0 bridgehead atoms. The van der Waals surface area contributed by atoms with E-state index >= 15 is 0 Å². The van der Waals surface area contributed by atoms with Gasteiger partial charge >= 0.3 is 0 Å². The Balaban J connectivity index is 1.38. The molecule has 0 N–H and O–H groups in total. The fraction of sp³-hybridized carbons (Fsp3) is 0.440. The first-order valence-corrected chi connectivity index (χ1v) is 11.5. The Morgan fingerprint density at radius 3 is 2.75 bits per heavy atom. The van der Waals surface area contributed by atoms with Crippen molar-refractivity contribution in [3.05, 3.63) is 41.9 Å². The van der Waals surface area contributed by atoms with Crippen LogP contribution >= 0.6 is 0 Å². The summed E-state index contributed by atoms with van der Waals surface area (Å²) >= 11 is 0. The van der Waals surface area contributed by atoms with Crippen LogP contribution in [-0.2, 0) is 4.79 Å². The number of benzene rings is 1. The van der Waals surface area contributed by atoms with Crippen molar-refractivity contribution in [2.75, 3.05) is 24.5 Å². The van der Waals surface area contributed by atoms with Crippen LogP contribution in [0.5, 0.6) is 0 Å². The fourth-order valence-corrected chi connectivity index (χ4v) is 4.86. The molecule has 2 aliphatic carbocycles. The van der Waals surface area contributed by atoms with Crippen LogP contribution in [0.2, 0.25) is 0 Å². The lowest BCUT2D eigenvalue weighted by Crippen LogP contribution is -2.54. The van der Waals surface area contributed by atoms with E-state index in [0.717, 1.165) is 59.4 Å². The zero-order valence-electron chi connectivity index (χ0n) is 18.1. The standard InChI is InChI=1S/C25H25N5O2/c1-15-13-29(9-10-30(15)25(31)17-7-8-17)24-18(12-26)11-20(22(28-24)16-5-6-16)19-3-2-4-21-23(19)32-14-27-21/h2-4,11,14-17H,5-10,13H2,1H3/t15-/m1/s1. The monoisotopic (exact) mass is 427 g/mol. The number of nitriles is 1. The second-order valence-corrected chi connectivity index (χ2v) is 9.29. The minimum absolute atomic E-state index is 0.109. The number of hydrogen-bond acceptors (Lipinski definition) is 6. The van der Waals surface area contributed by atoms with E-state index in [9.17, 15) is 10.1 Å². The van der Waals surface area contributed by atoms with Crippen LogP contribution in [0.1, 0.15) is 49.8 Å². The second-order valence-electron chi connectivity index (χ2n) is 9.29. The molecule has 0 radical (unpaired) electrons. The van der Waals surface area contributed by atoms with E-state index in [2.05, 4.69) is 22.9 Å². The summed E-state index contributed by atoms with van der Waals surface area (Å²) in [6.45, 7) is 4.17. The number of nitrogens with zero attached hydrogens (tertiary/aromatic N) is 5. The number of rotatable bonds is 4. The van der Waals surface area contributed by atoms with Crippen LogP contribution < -0.4 is 4.90 Å². The Morgan fingerprint density at radius 1 is 1.19 bits per heavy atom. The smallest absolute Gasteiger partial charge is 0.226 e. The van der Waals surface area contributed by atoms with Gasteiger partial charge in [0, 0.05) is 48.6 Å². The minimum atomic E-state index is 0.109. The minimum Gasteiger partial charge on any atom is -0.443 e. The van der Waals surface area contributed by atoms with Gasteiger partial charge in [-0.2, -0.15) is 5.26 Å². The number of fused-ring (bicyclic) bond motifs is 1. The Morgan fingerprint density at radius 2 is 2.03 bits per heavy atom. The zero-order chi connectivity index (χ0) is 21.8. The van der Waals surface area contributed by atoms with Gasteiger partial charge in [0.05, 0.1) is 11.3 Å². The van der Waals surface area contributed by atoms with E-state index in [1.807, 2.05) is 29.2 Å². The Kier molecular flexibility index (Phi) is 4.42. The number of amides is 1. The molecule has 6 rings (SSSR count). The molecule has 1 aliphatic heterocycles. The highest BCUT2D eigenvalue weighted by atomic mass is 16.3. The molecule has 3 fully saturated rings. The van der Waals surface area contributed by atoms with E-state index in [-0.39, 0.29) is 12.0 Å². The van der Waals surface area contributed by atoms with Gasteiger partial charge in [0.15, 0.2) is 12.0 Å². The molecule has 3 aromatic rings. The number of oxazole rings is 1. The molecule has 3 heterocycles. The van der Waals surface area contributed by atoms with Gasteiger partial charge in [-0.05, 0) is 44.7 Å². The van der Waals surface area contributed by atoms with E-state index < -0.39 is 0 Å². The van der Waals surface area contributed by atoms with Crippen molar-refractivity contribution in [1.29, 1.82) is 5.26 Å². The van der Waals surface area contributed by atoms with Gasteiger partial charge in [0.2, 0.25) is 5.91 Å². The molecular formula is C25H25N5O2. The third kappa shape index (κ3) is 3.22. The van der Waals surface area contributed by atoms with Crippen LogP contribution in [0.15, 0.2) is 35.1 Å². The van der Waals surface area contributed by atoms with Gasteiger partial charge < -0.3 is 14.2 Å². The summed E-state index contributed by atoms with van der Waals surface area (Å²) in [7, 11) is 0. The van der Waals surface area contributed by atoms with Crippen molar-refractivity contribution in [2.24, 2.45) is 5.92 Å². The van der Waals surface area contributed by atoms with Crippen molar-refractivity contribution in [1.82, 2.24) is 14.9 Å². The van der Waals surface area contributed by atoms with Crippen molar-refractivity contribution in [3.63, 3.8) is 0 Å². The zero-order valence-corrected chi connectivity index (χ0v) is 18.1. The highest BCUT2D eigenvalue weighted by Gasteiger charge is 2.38. The first-order chi connectivity index (χ1) is 15.6. The maximum absolute atomic E-state index is 12.6. The topological polar surface area (TPSA) is 86.3 Å². The lowest BCUT2D eigenvalue weighted by Gasteiger charge is -2.41. The molecule has 1 aromatic carbocycles. The van der Waals surface area contributed by atoms with Gasteiger partial charge in [-0.1, -0.05) is 12.1 Å². The summed E-state index contributed by atoms with van der Waals surface area (Å²) in [5, 5.41) is 10.0. The molecule has 7 heteroatoms. The molecule has 32 heavy (non-hydrogen) atoms. The largest absolute Gasteiger partial charge is 0.443 e. The van der Waals surface area contributed by atoms with Crippen molar-refractivity contribution in [3.8, 4) is 17.2 Å². The first kappa shape index (κ1) is 19.3. The predicted molar refractivity (Wildman–Crippen MR) is 120 cm³/mol. The molecule has 7 nitrogen and oxygen atoms in total. The summed E-state index contributed by atoms with van der Waals surface area (Å²) in [5.41, 5.74) is 5.03. The van der Waals surface area contributed by atoms with Crippen molar-refractivity contribution >= 4 is 22.8 Å². The van der Waals surface area contributed by atoms with Crippen LogP contribution in [0, 0.1) is 17.2 Å². The number of para-hydroxylation sites is 1. The van der Waals surface area contributed by atoms with E-state index in [4.69, 9.17) is 9.40 Å². The lowest BCUT2D eigenvalue weighted by atomic mass is 9.98. The second kappa shape index (κ2) is 7.33. The summed E-state index contributed by atoms with van der Waals surface area (Å²) in [6.07, 6.45) is 5.73. The number of carbonyl (C=O) groups excluding carboxylic acids is 1. The Bertz CT molecular complexity index is 1250. The molecule has 2 aromatic heterocycles. The van der Waals surface area contributed by atoms with Crippen LogP contribution in [0.4, 0.5) is 5.82 Å². The normalized spacial score (nSPS) is 21.1. The predicted octanol–water partition coefficient (Wildman–Crippen LogP) is 4.09. The highest BCUT2D eigenvalue weighted by Crippen LogP contribution is 2.46. The van der Waals surface area contributed by atoms with Gasteiger partial charge in [0.25, 0.3) is 0 Å². The maximum atomic E-state index is 12.6. The molecule has 1 atom stereocenters. The molecule has 1 amide bonds. The molecule has 2 saturated carbocycles. The average molecular weight is 428 g/mol. The van der Waals surface area contributed by atoms with E-state index in [1.54, 1.807) is 0 Å². The van der Waals surface area contributed by atoms with Crippen molar-refractivity contribution in [2.45, 2.75) is 44.6 Å². The molecule has 1 saturated heterocycles. The van der Waals surface area contributed by atoms with E-state index in [1.165, 1.54) is 6.39 Å². The highest BCUT2D eigenvalue weighted by molar-refractivity contribution is 5.91. The molecular weight excluding hydrogens is 402 g/mol. The quantitative estimate of drug-likeness (QED) is 0.623. The number of aromatic nitrogens is 2. The van der Waals surface area contributed by atoms with Crippen LogP contribution in [0.3, 0.4) is 0 Å². The van der Waals surface area contributed by atoms with Gasteiger partial charge in [-0.15, -0.1) is 0 Å². The summed E-state index contributed by atoms with van der Waals surface area (Å²) in [6, 6.07) is 10.4. The number of pyridine rings is 1. The number of carbonyl (C=O) groups is 1. The summed E-state index contributed by atoms with van der Waals surface area (Å²) in [5.74, 6) is 1.68. The van der Waals surface area contributed by atoms with Crippen molar-refractivity contribution < 1.29 is 9.21 Å².